The van der Waals surface area contributed by atoms with Crippen LogP contribution in [0.5, 0.6) is 5.75 Å². The molecule has 0 saturated carbocycles. The van der Waals surface area contributed by atoms with Gasteiger partial charge in [-0.3, -0.25) is 4.79 Å². The van der Waals surface area contributed by atoms with Crippen molar-refractivity contribution in [3.05, 3.63) is 74.9 Å². The van der Waals surface area contributed by atoms with E-state index in [-0.39, 0.29) is 0 Å². The van der Waals surface area contributed by atoms with Crippen LogP contribution in [0.2, 0.25) is 0 Å². The van der Waals surface area contributed by atoms with E-state index in [2.05, 4.69) is 46.1 Å². The number of hydrogen-bond acceptors (Lipinski definition) is 6. The van der Waals surface area contributed by atoms with Crippen molar-refractivity contribution >= 4 is 39.5 Å². The first-order valence-electron chi connectivity index (χ1n) is 11.2. The van der Waals surface area contributed by atoms with Crippen LogP contribution in [0, 0.1) is 6.92 Å². The van der Waals surface area contributed by atoms with Crippen molar-refractivity contribution in [2.45, 2.75) is 51.4 Å². The van der Waals surface area contributed by atoms with Gasteiger partial charge in [0.25, 0.3) is 0 Å². The third-order valence-electron chi connectivity index (χ3n) is 5.74. The normalized spacial score (nSPS) is 15.1. The van der Waals surface area contributed by atoms with Crippen molar-refractivity contribution < 1.29 is 9.53 Å². The molecule has 1 amide bonds. The molecule has 0 saturated heterocycles. The maximum absolute atomic E-state index is 12.6. The number of allylic oxidation sites excluding steroid dienone is 1. The predicted octanol–water partition coefficient (Wildman–Crippen LogP) is 5.59. The lowest BCUT2D eigenvalue weighted by atomic mass is 9.94. The molecule has 2 heterocycles. The molecule has 0 fully saturated rings. The minimum atomic E-state index is -0.564. The maximum Gasteiger partial charge on any atom is 0.248 e. The zero-order valence-electron chi connectivity index (χ0n) is 19.5. The molecular formula is C25H28BrN5O2S. The highest BCUT2D eigenvalue weighted by Crippen LogP contribution is 2.41. The van der Waals surface area contributed by atoms with Crippen molar-refractivity contribution in [1.29, 1.82) is 0 Å². The number of aromatic nitrogens is 3. The molecule has 0 spiro atoms. The average molecular weight is 543 g/mol. The van der Waals surface area contributed by atoms with E-state index in [1.807, 2.05) is 43.3 Å². The number of amides is 1. The number of carbonyl (C=O) groups excluding carboxylic acids is 1. The van der Waals surface area contributed by atoms with E-state index in [1.165, 1.54) is 0 Å². The summed E-state index contributed by atoms with van der Waals surface area (Å²) in [6.45, 7) is 6.46. The Morgan fingerprint density at radius 1 is 1.26 bits per heavy atom. The molecule has 1 unspecified atom stereocenters. The molecule has 3 aromatic rings. The Morgan fingerprint density at radius 2 is 2.06 bits per heavy atom. The number of carbonyl (C=O) groups is 1. The van der Waals surface area contributed by atoms with Crippen LogP contribution in [0.25, 0.3) is 0 Å². The van der Waals surface area contributed by atoms with E-state index in [1.54, 1.807) is 16.4 Å². The van der Waals surface area contributed by atoms with Crippen LogP contribution in [-0.4, -0.2) is 26.4 Å². The SMILES string of the molecule is CCCCSc1nc2n(n1)C(c1cc(Br)ccc1OCc1ccccc1C)C(C(N)=O)=C(C)N2. The Labute approximate surface area is 212 Å². The quantitative estimate of drug-likeness (QED) is 0.270. The number of rotatable bonds is 9. The molecule has 2 aromatic carbocycles. The first-order valence-corrected chi connectivity index (χ1v) is 13.0. The molecule has 178 valence electrons. The number of nitrogens with two attached hydrogens (primary N) is 1. The van der Waals surface area contributed by atoms with E-state index in [0.717, 1.165) is 39.8 Å². The third-order valence-corrected chi connectivity index (χ3v) is 7.16. The molecule has 0 aliphatic carbocycles. The summed E-state index contributed by atoms with van der Waals surface area (Å²) in [5.41, 5.74) is 10.00. The minimum Gasteiger partial charge on any atom is -0.489 e. The molecule has 7 nitrogen and oxygen atoms in total. The summed E-state index contributed by atoms with van der Waals surface area (Å²) in [6.07, 6.45) is 2.19. The second kappa shape index (κ2) is 10.7. The van der Waals surface area contributed by atoms with Gasteiger partial charge in [0.15, 0.2) is 0 Å². The van der Waals surface area contributed by atoms with Gasteiger partial charge in [0, 0.05) is 21.5 Å². The van der Waals surface area contributed by atoms with Gasteiger partial charge in [0.2, 0.25) is 17.0 Å². The van der Waals surface area contributed by atoms with Gasteiger partial charge < -0.3 is 15.8 Å². The van der Waals surface area contributed by atoms with Crippen LogP contribution in [0.15, 0.2) is 63.4 Å². The van der Waals surface area contributed by atoms with Crippen LogP contribution in [0.3, 0.4) is 0 Å². The predicted molar refractivity (Wildman–Crippen MR) is 139 cm³/mol. The first kappa shape index (κ1) is 24.3. The van der Waals surface area contributed by atoms with Crippen LogP contribution in [0.1, 0.15) is 49.4 Å². The summed E-state index contributed by atoms with van der Waals surface area (Å²) in [5, 5.41) is 8.61. The minimum absolute atomic E-state index is 0.406. The Balaban J connectivity index is 1.76. The van der Waals surface area contributed by atoms with Gasteiger partial charge in [-0.05, 0) is 49.6 Å². The van der Waals surface area contributed by atoms with E-state index in [0.29, 0.717) is 34.7 Å². The number of fused-ring (bicyclic) bond motifs is 1. The maximum atomic E-state index is 12.6. The molecular weight excluding hydrogens is 514 g/mol. The standard InChI is InChI=1S/C25H28BrN5O2S/c1-4-5-12-34-25-29-24-28-16(3)21(23(27)32)22(31(24)30-25)19-13-18(26)10-11-20(19)33-14-17-9-7-6-8-15(17)2/h6-11,13,22H,4-5,12,14H2,1-3H3,(H2,27,32)(H,28,29,30). The second-order valence-corrected chi connectivity index (χ2v) is 10.2. The van der Waals surface area contributed by atoms with E-state index < -0.39 is 11.9 Å². The lowest BCUT2D eigenvalue weighted by molar-refractivity contribution is -0.115. The summed E-state index contributed by atoms with van der Waals surface area (Å²) in [4.78, 5) is 17.3. The van der Waals surface area contributed by atoms with Crippen molar-refractivity contribution in [3.63, 3.8) is 0 Å². The second-order valence-electron chi connectivity index (χ2n) is 8.19. The molecule has 1 atom stereocenters. The Kier molecular flexibility index (Phi) is 7.63. The van der Waals surface area contributed by atoms with Crippen LogP contribution < -0.4 is 15.8 Å². The van der Waals surface area contributed by atoms with E-state index in [9.17, 15) is 4.79 Å². The van der Waals surface area contributed by atoms with Gasteiger partial charge in [0.1, 0.15) is 18.4 Å². The number of halogens is 1. The molecule has 34 heavy (non-hydrogen) atoms. The number of anilines is 1. The van der Waals surface area contributed by atoms with Gasteiger partial charge in [-0.1, -0.05) is 65.3 Å². The average Bonchev–Trinajstić information content (AvgIpc) is 3.20. The monoisotopic (exact) mass is 541 g/mol. The summed E-state index contributed by atoms with van der Waals surface area (Å²) >= 11 is 5.18. The van der Waals surface area contributed by atoms with Crippen molar-refractivity contribution in [1.82, 2.24) is 14.8 Å². The van der Waals surface area contributed by atoms with E-state index in [4.69, 9.17) is 15.6 Å². The van der Waals surface area contributed by atoms with Crippen LogP contribution in [0.4, 0.5) is 5.95 Å². The summed E-state index contributed by atoms with van der Waals surface area (Å²) in [7, 11) is 0. The van der Waals surface area contributed by atoms with Crippen molar-refractivity contribution in [3.8, 4) is 5.75 Å². The fourth-order valence-electron chi connectivity index (χ4n) is 3.90. The molecule has 0 radical (unpaired) electrons. The Hall–Kier alpha value is -2.78. The number of ether oxygens (including phenoxy) is 1. The highest BCUT2D eigenvalue weighted by Gasteiger charge is 2.35. The molecule has 9 heteroatoms. The molecule has 1 aliphatic heterocycles. The van der Waals surface area contributed by atoms with Gasteiger partial charge in [0.05, 0.1) is 5.57 Å². The van der Waals surface area contributed by atoms with Gasteiger partial charge in [-0.25, -0.2) is 4.68 Å². The smallest absolute Gasteiger partial charge is 0.248 e. The lowest BCUT2D eigenvalue weighted by Crippen LogP contribution is -2.32. The molecule has 4 rings (SSSR count). The zero-order chi connectivity index (χ0) is 24.2. The number of primary amides is 1. The third kappa shape index (κ3) is 5.15. The molecule has 1 aromatic heterocycles. The zero-order valence-corrected chi connectivity index (χ0v) is 21.9. The van der Waals surface area contributed by atoms with Crippen molar-refractivity contribution in [2.24, 2.45) is 5.73 Å². The first-order chi connectivity index (χ1) is 16.4. The molecule has 0 bridgehead atoms. The lowest BCUT2D eigenvalue weighted by Gasteiger charge is -2.29. The van der Waals surface area contributed by atoms with Crippen LogP contribution >= 0.6 is 27.7 Å². The summed E-state index contributed by atoms with van der Waals surface area (Å²) in [6, 6.07) is 13.3. The van der Waals surface area contributed by atoms with Crippen molar-refractivity contribution in [2.75, 3.05) is 11.1 Å². The number of nitrogens with zero attached hydrogens (tertiary/aromatic N) is 3. The van der Waals surface area contributed by atoms with Gasteiger partial charge >= 0.3 is 0 Å². The highest BCUT2D eigenvalue weighted by atomic mass is 79.9. The Morgan fingerprint density at radius 3 is 2.79 bits per heavy atom. The van der Waals surface area contributed by atoms with Gasteiger partial charge in [-0.2, -0.15) is 4.98 Å². The van der Waals surface area contributed by atoms with Crippen LogP contribution in [-0.2, 0) is 11.4 Å². The fraction of sp³-hybridized carbons (Fsp3) is 0.320. The fourth-order valence-corrected chi connectivity index (χ4v) is 5.19. The number of unbranched alkanes of at least 4 members (excludes halogenated alkanes) is 1. The Bertz CT molecular complexity index is 1240. The summed E-state index contributed by atoms with van der Waals surface area (Å²) in [5.74, 6) is 1.66. The van der Waals surface area contributed by atoms with E-state index >= 15 is 0 Å². The number of thioether (sulfide) groups is 1. The van der Waals surface area contributed by atoms with Gasteiger partial charge in [-0.15, -0.1) is 5.10 Å². The number of aryl methyl sites for hydroxylation is 1. The largest absolute Gasteiger partial charge is 0.489 e. The highest BCUT2D eigenvalue weighted by molar-refractivity contribution is 9.10. The number of nitrogens with one attached hydrogen (secondary N) is 1. The number of hydrogen-bond donors (Lipinski definition) is 2. The molecule has 3 N–H and O–H groups in total. The molecule has 1 aliphatic rings. The number of benzene rings is 2. The summed E-state index contributed by atoms with van der Waals surface area (Å²) < 4.78 is 8.90. The topological polar surface area (TPSA) is 95.1 Å².